The van der Waals surface area contributed by atoms with Crippen LogP contribution >= 0.6 is 0 Å². The Balaban J connectivity index is 1.36. The van der Waals surface area contributed by atoms with Gasteiger partial charge < -0.3 is 9.32 Å². The van der Waals surface area contributed by atoms with Crippen molar-refractivity contribution in [1.82, 2.24) is 24.3 Å². The molecule has 1 atom stereocenters. The van der Waals surface area contributed by atoms with Crippen molar-refractivity contribution in [3.05, 3.63) is 70.9 Å². The fourth-order valence-electron chi connectivity index (χ4n) is 5.01. The molecule has 0 N–H and O–H groups in total. The highest BCUT2D eigenvalue weighted by Crippen LogP contribution is 2.34. The molecule has 4 aromatic heterocycles. The summed E-state index contributed by atoms with van der Waals surface area (Å²) in [4.78, 5) is 4.55. The smallest absolute Gasteiger partial charge is 0.171 e. The molecule has 32 heavy (non-hydrogen) atoms. The van der Waals surface area contributed by atoms with Crippen LogP contribution in [0, 0.1) is 17.1 Å². The molecule has 0 unspecified atom stereocenters. The second-order valence-electron chi connectivity index (χ2n) is 8.55. The lowest BCUT2D eigenvalue weighted by Crippen LogP contribution is -2.37. The molecule has 6 heterocycles. The number of anilines is 1. The molecule has 0 radical (unpaired) electrons. The third kappa shape index (κ3) is 2.91. The number of aromatic nitrogens is 4. The van der Waals surface area contributed by atoms with Gasteiger partial charge >= 0.3 is 0 Å². The Kier molecular flexibility index (Phi) is 4.30. The second kappa shape index (κ2) is 7.21. The van der Waals surface area contributed by atoms with Crippen LogP contribution < -0.4 is 4.90 Å². The second-order valence-corrected chi connectivity index (χ2v) is 8.55. The van der Waals surface area contributed by atoms with Crippen molar-refractivity contribution in [2.45, 2.75) is 39.0 Å². The molecule has 2 aliphatic heterocycles. The van der Waals surface area contributed by atoms with E-state index in [1.54, 1.807) is 12.3 Å². The SMILES string of the molecule is C[C@@H]1CN(c2ccc(C#N)n3ncc(F)c23)Cc2c3c(nn21)CCN(Cc1ccco1)C3. The number of nitriles is 1. The zero-order chi connectivity index (χ0) is 21.8. The minimum absolute atomic E-state index is 0.143. The van der Waals surface area contributed by atoms with Crippen LogP contribution in [-0.2, 0) is 26.1 Å². The molecule has 0 fully saturated rings. The molecule has 8 nitrogen and oxygen atoms in total. The number of nitrogens with zero attached hydrogens (tertiary/aromatic N) is 7. The van der Waals surface area contributed by atoms with Crippen LogP contribution in [0.5, 0.6) is 0 Å². The molecule has 6 rings (SSSR count). The highest BCUT2D eigenvalue weighted by atomic mass is 19.1. The normalized spacial score (nSPS) is 18.5. The van der Waals surface area contributed by atoms with Crippen LogP contribution in [-0.4, -0.2) is 37.4 Å². The van der Waals surface area contributed by atoms with Gasteiger partial charge in [-0.2, -0.15) is 15.5 Å². The molecular weight excluding hydrogens is 409 g/mol. The van der Waals surface area contributed by atoms with Crippen LogP contribution in [0.4, 0.5) is 10.1 Å². The Morgan fingerprint density at radius 3 is 3.00 bits per heavy atom. The Bertz CT molecular complexity index is 1350. The van der Waals surface area contributed by atoms with Crippen molar-refractivity contribution < 1.29 is 8.81 Å². The largest absolute Gasteiger partial charge is 0.468 e. The zero-order valence-corrected chi connectivity index (χ0v) is 17.7. The van der Waals surface area contributed by atoms with E-state index in [0.29, 0.717) is 24.3 Å². The van der Waals surface area contributed by atoms with E-state index in [-0.39, 0.29) is 6.04 Å². The maximum Gasteiger partial charge on any atom is 0.171 e. The molecule has 4 aromatic rings. The molecule has 0 saturated carbocycles. The van der Waals surface area contributed by atoms with E-state index in [4.69, 9.17) is 9.52 Å². The fraction of sp³-hybridized carbons (Fsp3) is 0.348. The minimum atomic E-state index is -0.421. The highest BCUT2D eigenvalue weighted by Gasteiger charge is 2.32. The van der Waals surface area contributed by atoms with Gasteiger partial charge in [0.2, 0.25) is 0 Å². The van der Waals surface area contributed by atoms with Gasteiger partial charge in [-0.15, -0.1) is 0 Å². The quantitative estimate of drug-likeness (QED) is 0.495. The monoisotopic (exact) mass is 431 g/mol. The molecule has 0 amide bonds. The van der Waals surface area contributed by atoms with Gasteiger partial charge in [0.05, 0.1) is 48.7 Å². The number of halogens is 1. The van der Waals surface area contributed by atoms with Crippen molar-refractivity contribution in [3.63, 3.8) is 0 Å². The minimum Gasteiger partial charge on any atom is -0.468 e. The van der Waals surface area contributed by atoms with Crippen LogP contribution in [0.3, 0.4) is 0 Å². The Labute approximate surface area is 184 Å². The topological polar surface area (TPSA) is 78.5 Å². The molecule has 9 heteroatoms. The number of hydrogen-bond acceptors (Lipinski definition) is 6. The Hall–Kier alpha value is -3.64. The van der Waals surface area contributed by atoms with Gasteiger partial charge in [0.15, 0.2) is 5.82 Å². The average Bonchev–Trinajstić information content (AvgIpc) is 3.53. The van der Waals surface area contributed by atoms with Gasteiger partial charge in [0.25, 0.3) is 0 Å². The fourth-order valence-corrected chi connectivity index (χ4v) is 5.01. The summed E-state index contributed by atoms with van der Waals surface area (Å²) < 4.78 is 23.7. The zero-order valence-electron chi connectivity index (χ0n) is 17.7. The van der Waals surface area contributed by atoms with E-state index in [2.05, 4.69) is 32.6 Å². The lowest BCUT2D eigenvalue weighted by atomic mass is 10.0. The summed E-state index contributed by atoms with van der Waals surface area (Å²) in [6, 6.07) is 9.67. The maximum atomic E-state index is 14.7. The third-order valence-corrected chi connectivity index (χ3v) is 6.50. The number of fused-ring (bicyclic) bond motifs is 4. The first-order valence-corrected chi connectivity index (χ1v) is 10.8. The number of hydrogen-bond donors (Lipinski definition) is 0. The van der Waals surface area contributed by atoms with Crippen molar-refractivity contribution in [2.24, 2.45) is 0 Å². The van der Waals surface area contributed by atoms with Crippen LogP contribution in [0.15, 0.2) is 41.1 Å². The lowest BCUT2D eigenvalue weighted by molar-refractivity contribution is 0.224. The predicted octanol–water partition coefficient (Wildman–Crippen LogP) is 3.27. The number of pyridine rings is 1. The Morgan fingerprint density at radius 2 is 2.19 bits per heavy atom. The van der Waals surface area contributed by atoms with Crippen molar-refractivity contribution in [3.8, 4) is 6.07 Å². The molecule has 162 valence electrons. The summed E-state index contributed by atoms with van der Waals surface area (Å²) in [5.74, 6) is 0.538. The van der Waals surface area contributed by atoms with E-state index in [9.17, 15) is 9.65 Å². The number of rotatable bonds is 3. The van der Waals surface area contributed by atoms with E-state index >= 15 is 0 Å². The van der Waals surface area contributed by atoms with Gasteiger partial charge in [0, 0.05) is 31.6 Å². The highest BCUT2D eigenvalue weighted by molar-refractivity contribution is 5.75. The van der Waals surface area contributed by atoms with Crippen molar-refractivity contribution in [1.29, 1.82) is 5.26 Å². The van der Waals surface area contributed by atoms with Crippen molar-refractivity contribution in [2.75, 3.05) is 18.0 Å². The molecule has 0 spiro atoms. The van der Waals surface area contributed by atoms with Gasteiger partial charge in [-0.1, -0.05) is 0 Å². The standard InChI is InChI=1S/C23H22FN7O/c1-15-11-29(21-5-4-16(9-25)31-23(21)19(24)10-26-31)14-22-18-13-28(12-17-3-2-8-32-17)7-6-20(18)27-30(15)22/h2-5,8,10,15H,6-7,11-14H2,1H3/t15-/m1/s1. The molecule has 0 saturated heterocycles. The summed E-state index contributed by atoms with van der Waals surface area (Å²) in [6.45, 7) is 6.01. The summed E-state index contributed by atoms with van der Waals surface area (Å²) >= 11 is 0. The van der Waals surface area contributed by atoms with E-state index in [1.165, 1.54) is 22.0 Å². The molecule has 0 aliphatic carbocycles. The van der Waals surface area contributed by atoms with Gasteiger partial charge in [-0.3, -0.25) is 9.58 Å². The van der Waals surface area contributed by atoms with Crippen LogP contribution in [0.2, 0.25) is 0 Å². The third-order valence-electron chi connectivity index (χ3n) is 6.50. The summed E-state index contributed by atoms with van der Waals surface area (Å²) in [6.07, 6.45) is 3.78. The van der Waals surface area contributed by atoms with E-state index in [0.717, 1.165) is 43.2 Å². The first kappa shape index (κ1) is 19.1. The van der Waals surface area contributed by atoms with Crippen LogP contribution in [0.1, 0.15) is 41.4 Å². The maximum absolute atomic E-state index is 14.7. The molecule has 0 aromatic carbocycles. The average molecular weight is 431 g/mol. The summed E-state index contributed by atoms with van der Waals surface area (Å²) in [5.41, 5.74) is 5.00. The van der Waals surface area contributed by atoms with E-state index < -0.39 is 5.82 Å². The summed E-state index contributed by atoms with van der Waals surface area (Å²) in [7, 11) is 0. The molecule has 2 aliphatic rings. The molecule has 0 bridgehead atoms. The Morgan fingerprint density at radius 1 is 1.28 bits per heavy atom. The summed E-state index contributed by atoms with van der Waals surface area (Å²) in [5, 5.41) is 18.4. The van der Waals surface area contributed by atoms with E-state index in [1.807, 2.05) is 18.2 Å². The first-order valence-electron chi connectivity index (χ1n) is 10.8. The van der Waals surface area contributed by atoms with Gasteiger partial charge in [-0.25, -0.2) is 8.91 Å². The predicted molar refractivity (Wildman–Crippen MR) is 114 cm³/mol. The van der Waals surface area contributed by atoms with Crippen LogP contribution in [0.25, 0.3) is 5.52 Å². The lowest BCUT2D eigenvalue weighted by Gasteiger charge is -2.35. The molecular formula is C23H22FN7O. The first-order chi connectivity index (χ1) is 15.6. The van der Waals surface area contributed by atoms with Crippen molar-refractivity contribution >= 4 is 11.2 Å². The number of furan rings is 1. The van der Waals surface area contributed by atoms with Gasteiger partial charge in [0.1, 0.15) is 23.0 Å². The van der Waals surface area contributed by atoms with Gasteiger partial charge in [-0.05, 0) is 31.2 Å².